The highest BCUT2D eigenvalue weighted by Gasteiger charge is 2.53. The molecule has 1 aromatic carbocycles. The van der Waals surface area contributed by atoms with E-state index in [2.05, 4.69) is 16.6 Å². The lowest BCUT2D eigenvalue weighted by Crippen LogP contribution is -2.51. The van der Waals surface area contributed by atoms with E-state index in [0.717, 1.165) is 24.0 Å². The quantitative estimate of drug-likeness (QED) is 0.417. The van der Waals surface area contributed by atoms with Crippen molar-refractivity contribution in [1.82, 2.24) is 4.90 Å². The molecule has 7 heteroatoms. The highest BCUT2D eigenvalue weighted by molar-refractivity contribution is 5.78. The van der Waals surface area contributed by atoms with Crippen molar-refractivity contribution in [1.29, 1.82) is 0 Å². The summed E-state index contributed by atoms with van der Waals surface area (Å²) in [5.74, 6) is 5.41. The molecule has 1 aromatic rings. The molecule has 1 saturated carbocycles. The summed E-state index contributed by atoms with van der Waals surface area (Å²) in [6, 6.07) is 7.74. The van der Waals surface area contributed by atoms with E-state index in [1.807, 2.05) is 31.2 Å². The molecule has 0 N–H and O–H groups in total. The first-order valence-corrected chi connectivity index (χ1v) is 10.6. The minimum atomic E-state index is -1.01. The van der Waals surface area contributed by atoms with E-state index in [-0.39, 0.29) is 30.9 Å². The van der Waals surface area contributed by atoms with Gasteiger partial charge in [-0.25, -0.2) is 4.79 Å². The summed E-state index contributed by atoms with van der Waals surface area (Å²) in [5.41, 5.74) is 0.924. The largest absolute Gasteiger partial charge is 0.469 e. The van der Waals surface area contributed by atoms with Crippen molar-refractivity contribution < 1.29 is 28.6 Å². The molecular formula is C24H29NO6. The molecule has 1 heterocycles. The number of aryl methyl sites for hydroxylation is 1. The van der Waals surface area contributed by atoms with Crippen molar-refractivity contribution >= 4 is 18.0 Å². The average molecular weight is 427 g/mol. The zero-order chi connectivity index (χ0) is 22.4. The summed E-state index contributed by atoms with van der Waals surface area (Å²) in [6.45, 7) is 2.53. The number of esters is 2. The zero-order valence-corrected chi connectivity index (χ0v) is 18.3. The van der Waals surface area contributed by atoms with Crippen LogP contribution >= 0.6 is 0 Å². The second-order valence-electron chi connectivity index (χ2n) is 8.08. The number of methoxy groups -OCH3 is 2. The van der Waals surface area contributed by atoms with E-state index in [4.69, 9.17) is 9.47 Å². The van der Waals surface area contributed by atoms with Gasteiger partial charge in [-0.05, 0) is 56.2 Å². The Labute approximate surface area is 183 Å². The lowest BCUT2D eigenvalue weighted by atomic mass is 9.72. The van der Waals surface area contributed by atoms with Gasteiger partial charge in [0.05, 0.1) is 27.1 Å². The average Bonchev–Trinajstić information content (AvgIpc) is 3.21. The SMILES string of the molecule is COC(=O)CCC(=O)O[C@@]1(C#Cc2cccc(C)c2)CCC[C@@H]2[C@@H]1CCN2C(=O)OC. The Bertz CT molecular complexity index is 901. The van der Waals surface area contributed by atoms with Gasteiger partial charge in [0.25, 0.3) is 0 Å². The molecule has 1 amide bonds. The molecule has 0 aromatic heterocycles. The van der Waals surface area contributed by atoms with Crippen LogP contribution in [0.1, 0.15) is 49.7 Å². The summed E-state index contributed by atoms with van der Waals surface area (Å²) < 4.78 is 15.6. The van der Waals surface area contributed by atoms with Gasteiger partial charge in [-0.3, -0.25) is 9.59 Å². The molecule has 3 rings (SSSR count). The van der Waals surface area contributed by atoms with Crippen molar-refractivity contribution in [3.05, 3.63) is 35.4 Å². The maximum atomic E-state index is 12.7. The number of benzene rings is 1. The molecule has 31 heavy (non-hydrogen) atoms. The molecule has 2 fully saturated rings. The third-order valence-electron chi connectivity index (χ3n) is 6.10. The fourth-order valence-electron chi connectivity index (χ4n) is 4.63. The Hall–Kier alpha value is -3.01. The zero-order valence-electron chi connectivity index (χ0n) is 18.3. The van der Waals surface area contributed by atoms with Crippen molar-refractivity contribution in [2.75, 3.05) is 20.8 Å². The number of carbonyl (C=O) groups is 3. The van der Waals surface area contributed by atoms with Crippen LogP contribution in [-0.2, 0) is 23.8 Å². The fourth-order valence-corrected chi connectivity index (χ4v) is 4.63. The monoisotopic (exact) mass is 427 g/mol. The number of fused-ring (bicyclic) bond motifs is 1. The van der Waals surface area contributed by atoms with Gasteiger partial charge in [0.15, 0.2) is 5.60 Å². The Kier molecular flexibility index (Phi) is 7.21. The van der Waals surface area contributed by atoms with Crippen LogP contribution in [-0.4, -0.2) is 55.3 Å². The predicted octanol–water partition coefficient (Wildman–Crippen LogP) is 3.22. The molecule has 0 spiro atoms. The molecule has 0 bridgehead atoms. The second-order valence-corrected chi connectivity index (χ2v) is 8.08. The van der Waals surface area contributed by atoms with Crippen LogP contribution in [0.25, 0.3) is 0 Å². The molecule has 0 unspecified atom stereocenters. The maximum Gasteiger partial charge on any atom is 0.409 e. The molecule has 3 atom stereocenters. The van der Waals surface area contributed by atoms with E-state index >= 15 is 0 Å². The van der Waals surface area contributed by atoms with Gasteiger partial charge in [-0.2, -0.15) is 0 Å². The number of amides is 1. The van der Waals surface area contributed by atoms with E-state index in [0.29, 0.717) is 19.4 Å². The van der Waals surface area contributed by atoms with Crippen LogP contribution in [0.5, 0.6) is 0 Å². The third-order valence-corrected chi connectivity index (χ3v) is 6.10. The molecule has 7 nitrogen and oxygen atoms in total. The summed E-state index contributed by atoms with van der Waals surface area (Å²) in [7, 11) is 2.66. The van der Waals surface area contributed by atoms with E-state index in [1.54, 1.807) is 4.90 Å². The van der Waals surface area contributed by atoms with Crippen molar-refractivity contribution in [2.24, 2.45) is 5.92 Å². The highest BCUT2D eigenvalue weighted by atomic mass is 16.6. The first kappa shape index (κ1) is 22.7. The van der Waals surface area contributed by atoms with Gasteiger partial charge in [0, 0.05) is 24.1 Å². The maximum absolute atomic E-state index is 12.7. The van der Waals surface area contributed by atoms with E-state index < -0.39 is 17.5 Å². The summed E-state index contributed by atoms with van der Waals surface area (Å²) >= 11 is 0. The molecule has 0 radical (unpaired) electrons. The van der Waals surface area contributed by atoms with Crippen LogP contribution in [0.15, 0.2) is 24.3 Å². The van der Waals surface area contributed by atoms with Crippen molar-refractivity contribution in [3.8, 4) is 11.8 Å². The lowest BCUT2D eigenvalue weighted by molar-refractivity contribution is -0.164. The fraction of sp³-hybridized carbons (Fsp3) is 0.542. The molecule has 2 aliphatic rings. The number of ether oxygens (including phenoxy) is 3. The van der Waals surface area contributed by atoms with Crippen LogP contribution in [0.4, 0.5) is 4.79 Å². The summed E-state index contributed by atoms with van der Waals surface area (Å²) in [4.78, 5) is 38.1. The molecule has 1 aliphatic heterocycles. The summed E-state index contributed by atoms with van der Waals surface area (Å²) in [6.07, 6.45) is 2.36. The van der Waals surface area contributed by atoms with Crippen LogP contribution in [0.3, 0.4) is 0 Å². The third kappa shape index (κ3) is 5.19. The topological polar surface area (TPSA) is 82.1 Å². The minimum Gasteiger partial charge on any atom is -0.469 e. The van der Waals surface area contributed by atoms with Gasteiger partial charge >= 0.3 is 18.0 Å². The number of hydrogen-bond acceptors (Lipinski definition) is 6. The Balaban J connectivity index is 1.90. The molecule has 1 saturated heterocycles. The standard InChI is InChI=1S/C24H29NO6/c1-17-6-4-7-18(16-17)11-14-24(31-22(27)10-9-21(26)29-2)13-5-8-20-19(24)12-15-25(20)23(28)30-3/h4,6-7,16,19-20H,5,8-10,12-13,15H2,1-3H3/t19-,20+,24+/m0/s1. The Morgan fingerprint density at radius 1 is 1.13 bits per heavy atom. The van der Waals surface area contributed by atoms with Crippen molar-refractivity contribution in [3.63, 3.8) is 0 Å². The van der Waals surface area contributed by atoms with Crippen LogP contribution < -0.4 is 0 Å². The number of likely N-dealkylation sites (tertiary alicyclic amines) is 1. The molecule has 1 aliphatic carbocycles. The first-order chi connectivity index (χ1) is 14.9. The van der Waals surface area contributed by atoms with Gasteiger partial charge in [0.2, 0.25) is 0 Å². The van der Waals surface area contributed by atoms with Crippen LogP contribution in [0.2, 0.25) is 0 Å². The Morgan fingerprint density at radius 3 is 2.61 bits per heavy atom. The van der Waals surface area contributed by atoms with E-state index in [9.17, 15) is 14.4 Å². The van der Waals surface area contributed by atoms with Crippen LogP contribution in [0, 0.1) is 24.7 Å². The normalized spacial score (nSPS) is 24.4. The predicted molar refractivity (Wildman–Crippen MR) is 113 cm³/mol. The van der Waals surface area contributed by atoms with E-state index in [1.165, 1.54) is 14.2 Å². The number of nitrogens with zero attached hydrogens (tertiary/aromatic N) is 1. The summed E-state index contributed by atoms with van der Waals surface area (Å²) in [5, 5.41) is 0. The second kappa shape index (κ2) is 9.86. The Morgan fingerprint density at radius 2 is 1.90 bits per heavy atom. The smallest absolute Gasteiger partial charge is 0.409 e. The highest BCUT2D eigenvalue weighted by Crippen LogP contribution is 2.45. The molecular weight excluding hydrogens is 398 g/mol. The van der Waals surface area contributed by atoms with Crippen molar-refractivity contribution in [2.45, 2.75) is 57.1 Å². The van der Waals surface area contributed by atoms with Gasteiger partial charge in [0.1, 0.15) is 0 Å². The first-order valence-electron chi connectivity index (χ1n) is 10.6. The number of hydrogen-bond donors (Lipinski definition) is 0. The lowest BCUT2D eigenvalue weighted by Gasteiger charge is -2.42. The van der Waals surface area contributed by atoms with Gasteiger partial charge in [-0.1, -0.05) is 18.1 Å². The number of rotatable bonds is 4. The van der Waals surface area contributed by atoms with Gasteiger partial charge < -0.3 is 19.1 Å². The molecule has 166 valence electrons. The van der Waals surface area contributed by atoms with Gasteiger partial charge in [-0.15, -0.1) is 0 Å². The minimum absolute atomic E-state index is 0.0426. The number of carbonyl (C=O) groups excluding carboxylic acids is 3.